The van der Waals surface area contributed by atoms with Crippen LogP contribution in [-0.2, 0) is 9.53 Å². The van der Waals surface area contributed by atoms with Gasteiger partial charge in [0.05, 0.1) is 6.10 Å². The molecule has 1 heterocycles. The van der Waals surface area contributed by atoms with Crippen molar-refractivity contribution in [3.63, 3.8) is 0 Å². The van der Waals surface area contributed by atoms with Crippen LogP contribution in [0.1, 0.15) is 58.8 Å². The molecule has 0 bridgehead atoms. The lowest BCUT2D eigenvalue weighted by Gasteiger charge is -2.17. The molecule has 0 spiro atoms. The predicted octanol–water partition coefficient (Wildman–Crippen LogP) is 2.57. The number of unbranched alkanes of at least 4 members (excludes halogenated alkanes) is 3. The van der Waals surface area contributed by atoms with Gasteiger partial charge in [0.1, 0.15) is 0 Å². The van der Waals surface area contributed by atoms with Gasteiger partial charge in [0.25, 0.3) is 0 Å². The Hall–Kier alpha value is -0.610. The minimum atomic E-state index is -0.829. The topological polar surface area (TPSA) is 58.6 Å². The summed E-state index contributed by atoms with van der Waals surface area (Å²) in [6, 6.07) is 0.495. The van der Waals surface area contributed by atoms with E-state index in [1.165, 1.54) is 32.1 Å². The first-order chi connectivity index (χ1) is 8.63. The summed E-state index contributed by atoms with van der Waals surface area (Å²) < 4.78 is 5.45. The maximum Gasteiger partial charge on any atom is 0.332 e. The summed E-state index contributed by atoms with van der Waals surface area (Å²) in [6.07, 6.45) is 7.34. The number of carbonyl (C=O) groups is 1. The zero-order valence-electron chi connectivity index (χ0n) is 11.7. The molecule has 3 unspecified atom stereocenters. The molecule has 18 heavy (non-hydrogen) atoms. The fourth-order valence-electron chi connectivity index (χ4n) is 2.35. The Bertz CT molecular complexity index is 245. The van der Waals surface area contributed by atoms with E-state index in [2.05, 4.69) is 19.2 Å². The van der Waals surface area contributed by atoms with E-state index >= 15 is 0 Å². The van der Waals surface area contributed by atoms with Gasteiger partial charge < -0.3 is 15.2 Å². The molecule has 4 nitrogen and oxygen atoms in total. The maximum absolute atomic E-state index is 10.7. The van der Waals surface area contributed by atoms with Gasteiger partial charge in [0.2, 0.25) is 0 Å². The number of hydrogen-bond acceptors (Lipinski definition) is 3. The fourth-order valence-corrected chi connectivity index (χ4v) is 2.35. The van der Waals surface area contributed by atoms with Crippen molar-refractivity contribution in [1.82, 2.24) is 5.32 Å². The number of hydrogen-bond donors (Lipinski definition) is 2. The molecule has 2 N–H and O–H groups in total. The maximum atomic E-state index is 10.7. The summed E-state index contributed by atoms with van der Waals surface area (Å²) >= 11 is 0. The van der Waals surface area contributed by atoms with E-state index in [1.807, 2.05) is 0 Å². The molecule has 1 aliphatic heterocycles. The SMILES string of the molecule is CCCCCCC(C)NCC1CCC(C(=O)O)O1. The number of nitrogens with one attached hydrogen (secondary N) is 1. The lowest BCUT2D eigenvalue weighted by Crippen LogP contribution is -2.34. The summed E-state index contributed by atoms with van der Waals surface area (Å²) in [7, 11) is 0. The largest absolute Gasteiger partial charge is 0.479 e. The van der Waals surface area contributed by atoms with Crippen molar-refractivity contribution in [2.75, 3.05) is 6.54 Å². The zero-order chi connectivity index (χ0) is 13.4. The number of ether oxygens (including phenoxy) is 1. The van der Waals surface area contributed by atoms with E-state index in [-0.39, 0.29) is 6.10 Å². The smallest absolute Gasteiger partial charge is 0.332 e. The van der Waals surface area contributed by atoms with Gasteiger partial charge in [-0.05, 0) is 26.2 Å². The van der Waals surface area contributed by atoms with Crippen LogP contribution in [0.5, 0.6) is 0 Å². The van der Waals surface area contributed by atoms with E-state index < -0.39 is 12.1 Å². The van der Waals surface area contributed by atoms with Crippen LogP contribution >= 0.6 is 0 Å². The van der Waals surface area contributed by atoms with Crippen molar-refractivity contribution in [2.24, 2.45) is 0 Å². The van der Waals surface area contributed by atoms with Gasteiger partial charge in [-0.1, -0.05) is 32.6 Å². The van der Waals surface area contributed by atoms with Gasteiger partial charge >= 0.3 is 5.97 Å². The molecule has 1 rings (SSSR count). The Morgan fingerprint density at radius 3 is 2.78 bits per heavy atom. The van der Waals surface area contributed by atoms with Crippen LogP contribution in [0.3, 0.4) is 0 Å². The van der Waals surface area contributed by atoms with Gasteiger partial charge in [-0.15, -0.1) is 0 Å². The Morgan fingerprint density at radius 2 is 2.17 bits per heavy atom. The molecule has 0 amide bonds. The number of carboxylic acid groups (broad SMARTS) is 1. The highest BCUT2D eigenvalue weighted by Gasteiger charge is 2.30. The molecule has 0 aromatic heterocycles. The average molecular weight is 257 g/mol. The van der Waals surface area contributed by atoms with Gasteiger partial charge in [0.15, 0.2) is 6.10 Å². The summed E-state index contributed by atoms with van der Waals surface area (Å²) in [4.78, 5) is 10.7. The second kappa shape index (κ2) is 8.48. The van der Waals surface area contributed by atoms with Crippen LogP contribution in [0.15, 0.2) is 0 Å². The Balaban J connectivity index is 2.05. The van der Waals surface area contributed by atoms with E-state index in [4.69, 9.17) is 9.84 Å². The van der Waals surface area contributed by atoms with Crippen LogP contribution in [-0.4, -0.2) is 35.9 Å². The quantitative estimate of drug-likeness (QED) is 0.623. The molecule has 1 fully saturated rings. The molecular formula is C14H27NO3. The third-order valence-electron chi connectivity index (χ3n) is 3.57. The Labute approximate surface area is 110 Å². The predicted molar refractivity (Wildman–Crippen MR) is 71.8 cm³/mol. The molecule has 1 saturated heterocycles. The minimum absolute atomic E-state index is 0.0733. The Kier molecular flexibility index (Phi) is 7.28. The van der Waals surface area contributed by atoms with Gasteiger partial charge in [-0.2, -0.15) is 0 Å². The summed E-state index contributed by atoms with van der Waals surface area (Å²) in [5.74, 6) is -0.829. The van der Waals surface area contributed by atoms with Crippen LogP contribution < -0.4 is 5.32 Å². The third-order valence-corrected chi connectivity index (χ3v) is 3.57. The fraction of sp³-hybridized carbons (Fsp3) is 0.929. The lowest BCUT2D eigenvalue weighted by atomic mass is 10.1. The van der Waals surface area contributed by atoms with E-state index in [0.717, 1.165) is 13.0 Å². The Morgan fingerprint density at radius 1 is 1.39 bits per heavy atom. The molecule has 0 aromatic carbocycles. The average Bonchev–Trinajstić information content (AvgIpc) is 2.81. The molecule has 4 heteroatoms. The molecule has 1 aliphatic rings. The first kappa shape index (κ1) is 15.4. The molecular weight excluding hydrogens is 230 g/mol. The highest BCUT2D eigenvalue weighted by molar-refractivity contribution is 5.72. The zero-order valence-corrected chi connectivity index (χ0v) is 11.7. The van der Waals surface area contributed by atoms with Gasteiger partial charge in [-0.3, -0.25) is 0 Å². The van der Waals surface area contributed by atoms with Crippen molar-refractivity contribution in [3.05, 3.63) is 0 Å². The standard InChI is InChI=1S/C14H27NO3/c1-3-4-5-6-7-11(2)15-10-12-8-9-13(18-12)14(16)17/h11-13,15H,3-10H2,1-2H3,(H,16,17). The summed E-state index contributed by atoms with van der Waals surface area (Å²) in [5, 5.41) is 12.3. The lowest BCUT2D eigenvalue weighted by molar-refractivity contribution is -0.149. The van der Waals surface area contributed by atoms with E-state index in [9.17, 15) is 4.79 Å². The first-order valence-electron chi connectivity index (χ1n) is 7.25. The molecule has 0 aliphatic carbocycles. The highest BCUT2D eigenvalue weighted by atomic mass is 16.5. The van der Waals surface area contributed by atoms with E-state index in [0.29, 0.717) is 12.5 Å². The van der Waals surface area contributed by atoms with Crippen LogP contribution in [0.25, 0.3) is 0 Å². The first-order valence-corrected chi connectivity index (χ1v) is 7.25. The number of rotatable bonds is 9. The summed E-state index contributed by atoms with van der Waals surface area (Å²) in [5.41, 5.74) is 0. The van der Waals surface area contributed by atoms with Gasteiger partial charge in [-0.25, -0.2) is 4.79 Å². The van der Waals surface area contributed by atoms with Crippen molar-refractivity contribution >= 4 is 5.97 Å². The second-order valence-electron chi connectivity index (χ2n) is 5.32. The molecule has 0 saturated carbocycles. The second-order valence-corrected chi connectivity index (χ2v) is 5.32. The van der Waals surface area contributed by atoms with Crippen LogP contribution in [0, 0.1) is 0 Å². The van der Waals surface area contributed by atoms with Crippen LogP contribution in [0.4, 0.5) is 0 Å². The van der Waals surface area contributed by atoms with Crippen molar-refractivity contribution in [1.29, 1.82) is 0 Å². The minimum Gasteiger partial charge on any atom is -0.479 e. The van der Waals surface area contributed by atoms with Crippen molar-refractivity contribution in [2.45, 2.75) is 77.0 Å². The monoisotopic (exact) mass is 257 g/mol. The molecule has 3 atom stereocenters. The van der Waals surface area contributed by atoms with Crippen LogP contribution in [0.2, 0.25) is 0 Å². The molecule has 106 valence electrons. The highest BCUT2D eigenvalue weighted by Crippen LogP contribution is 2.19. The summed E-state index contributed by atoms with van der Waals surface area (Å²) in [6.45, 7) is 5.19. The number of carboxylic acids is 1. The normalized spacial score (nSPS) is 25.2. The van der Waals surface area contributed by atoms with Crippen molar-refractivity contribution in [3.8, 4) is 0 Å². The number of aliphatic carboxylic acids is 1. The van der Waals surface area contributed by atoms with E-state index in [1.54, 1.807) is 0 Å². The molecule has 0 radical (unpaired) electrons. The molecule has 0 aromatic rings. The van der Waals surface area contributed by atoms with Gasteiger partial charge in [0, 0.05) is 12.6 Å². The third kappa shape index (κ3) is 5.83. The van der Waals surface area contributed by atoms with Crippen molar-refractivity contribution < 1.29 is 14.6 Å².